The van der Waals surface area contributed by atoms with Gasteiger partial charge in [0.05, 0.1) is 12.0 Å². The van der Waals surface area contributed by atoms with Crippen LogP contribution in [0.5, 0.6) is 0 Å². The van der Waals surface area contributed by atoms with Gasteiger partial charge in [0.2, 0.25) is 5.91 Å². The number of unbranched alkanes of at least 4 members (excludes halogenated alkanes) is 2. The molecular weight excluding hydrogens is 376 g/mol. The Hall–Kier alpha value is -2.89. The minimum atomic E-state index is -0.0725. The van der Waals surface area contributed by atoms with E-state index < -0.39 is 0 Å². The van der Waals surface area contributed by atoms with Crippen LogP contribution in [0.25, 0.3) is 0 Å². The zero-order chi connectivity index (χ0) is 21.3. The quantitative estimate of drug-likeness (QED) is 0.681. The summed E-state index contributed by atoms with van der Waals surface area (Å²) in [6.45, 7) is 7.76. The van der Waals surface area contributed by atoms with Crippen molar-refractivity contribution in [1.29, 1.82) is 0 Å². The lowest BCUT2D eigenvalue weighted by Gasteiger charge is -2.35. The molecule has 1 saturated heterocycles. The second-order valence-corrected chi connectivity index (χ2v) is 7.90. The second kappa shape index (κ2) is 10.8. The summed E-state index contributed by atoms with van der Waals surface area (Å²) in [7, 11) is 0. The van der Waals surface area contributed by atoms with E-state index in [9.17, 15) is 9.59 Å². The second-order valence-electron chi connectivity index (χ2n) is 7.90. The van der Waals surface area contributed by atoms with E-state index in [0.717, 1.165) is 43.7 Å². The molecule has 1 N–H and O–H groups in total. The van der Waals surface area contributed by atoms with Gasteiger partial charge >= 0.3 is 0 Å². The number of nitrogens with one attached hydrogen (secondary N) is 1. The molecule has 2 aromatic rings. The highest BCUT2D eigenvalue weighted by Crippen LogP contribution is 2.15. The van der Waals surface area contributed by atoms with Crippen LogP contribution in [0.1, 0.15) is 47.7 Å². The Morgan fingerprint density at radius 2 is 1.73 bits per heavy atom. The van der Waals surface area contributed by atoms with Gasteiger partial charge < -0.3 is 15.1 Å². The topological polar surface area (TPSA) is 65.5 Å². The van der Waals surface area contributed by atoms with E-state index in [2.05, 4.69) is 22.1 Å². The number of pyridine rings is 1. The molecule has 0 aliphatic carbocycles. The number of benzene rings is 1. The fourth-order valence-corrected chi connectivity index (χ4v) is 3.56. The third-order valence-electron chi connectivity index (χ3n) is 5.51. The third-order valence-corrected chi connectivity index (χ3v) is 5.51. The summed E-state index contributed by atoms with van der Waals surface area (Å²) in [4.78, 5) is 33.3. The Morgan fingerprint density at radius 3 is 2.37 bits per heavy atom. The van der Waals surface area contributed by atoms with Crippen molar-refractivity contribution in [3.63, 3.8) is 0 Å². The number of nitrogens with zero attached hydrogens (tertiary/aromatic N) is 3. The zero-order valence-corrected chi connectivity index (χ0v) is 18.1. The lowest BCUT2D eigenvalue weighted by molar-refractivity contribution is -0.130. The molecule has 1 aliphatic heterocycles. The number of carbonyl (C=O) groups excluding carboxylic acids is 2. The molecule has 30 heavy (non-hydrogen) atoms. The van der Waals surface area contributed by atoms with Crippen molar-refractivity contribution in [2.75, 3.05) is 37.6 Å². The van der Waals surface area contributed by atoms with Crippen LogP contribution in [0.2, 0.25) is 0 Å². The Bertz CT molecular complexity index is 825. The van der Waals surface area contributed by atoms with E-state index >= 15 is 0 Å². The molecule has 0 atom stereocenters. The SMILES string of the molecule is CCCCCNC(=O)c1ccc(N2CCN(C(=O)Cc3ccc(C)cc3)CC2)nc1. The Kier molecular flexibility index (Phi) is 7.82. The first-order chi connectivity index (χ1) is 14.6. The molecule has 0 saturated carbocycles. The van der Waals surface area contributed by atoms with Gasteiger partial charge in [-0.2, -0.15) is 0 Å². The van der Waals surface area contributed by atoms with Crippen LogP contribution < -0.4 is 10.2 Å². The molecule has 0 unspecified atom stereocenters. The fraction of sp³-hybridized carbons (Fsp3) is 0.458. The molecule has 1 aromatic heterocycles. The minimum Gasteiger partial charge on any atom is -0.353 e. The average Bonchev–Trinajstić information content (AvgIpc) is 2.78. The molecule has 160 valence electrons. The number of rotatable bonds is 8. The van der Waals surface area contributed by atoms with Gasteiger partial charge in [0.25, 0.3) is 5.91 Å². The van der Waals surface area contributed by atoms with Crippen LogP contribution in [0.15, 0.2) is 42.6 Å². The monoisotopic (exact) mass is 408 g/mol. The van der Waals surface area contributed by atoms with E-state index in [-0.39, 0.29) is 11.8 Å². The van der Waals surface area contributed by atoms with Crippen molar-refractivity contribution < 1.29 is 9.59 Å². The van der Waals surface area contributed by atoms with Crippen LogP contribution in [-0.2, 0) is 11.2 Å². The maximum absolute atomic E-state index is 12.6. The molecular formula is C24H32N4O2. The first-order valence-corrected chi connectivity index (χ1v) is 10.9. The van der Waals surface area contributed by atoms with E-state index in [0.29, 0.717) is 31.6 Å². The molecule has 0 spiro atoms. The summed E-state index contributed by atoms with van der Waals surface area (Å²) in [6, 6.07) is 11.9. The normalized spacial score (nSPS) is 13.9. The molecule has 2 amide bonds. The predicted octanol–water partition coefficient (Wildman–Crippen LogP) is 3.20. The molecule has 1 aliphatic rings. The summed E-state index contributed by atoms with van der Waals surface area (Å²) < 4.78 is 0. The molecule has 6 heteroatoms. The summed E-state index contributed by atoms with van der Waals surface area (Å²) >= 11 is 0. The maximum atomic E-state index is 12.6. The van der Waals surface area contributed by atoms with Crippen molar-refractivity contribution in [1.82, 2.24) is 15.2 Å². The van der Waals surface area contributed by atoms with Gasteiger partial charge in [0, 0.05) is 38.9 Å². The number of hydrogen-bond acceptors (Lipinski definition) is 4. The molecule has 1 fully saturated rings. The zero-order valence-electron chi connectivity index (χ0n) is 18.1. The molecule has 0 radical (unpaired) electrons. The number of aromatic nitrogens is 1. The van der Waals surface area contributed by atoms with Gasteiger partial charge in [-0.05, 0) is 31.0 Å². The predicted molar refractivity (Wildman–Crippen MR) is 120 cm³/mol. The van der Waals surface area contributed by atoms with Crippen molar-refractivity contribution >= 4 is 17.6 Å². The van der Waals surface area contributed by atoms with Crippen molar-refractivity contribution in [3.8, 4) is 0 Å². The number of amides is 2. The number of hydrogen-bond donors (Lipinski definition) is 1. The standard InChI is InChI=1S/C24H32N4O2/c1-3-4-5-12-25-24(30)21-10-11-22(26-18-21)27-13-15-28(16-14-27)23(29)17-20-8-6-19(2)7-9-20/h6-11,18H,3-5,12-17H2,1-2H3,(H,25,30). The number of piperazine rings is 1. The van der Waals surface area contributed by atoms with Crippen molar-refractivity contribution in [2.24, 2.45) is 0 Å². The molecule has 3 rings (SSSR count). The van der Waals surface area contributed by atoms with Crippen LogP contribution in [0.4, 0.5) is 5.82 Å². The largest absolute Gasteiger partial charge is 0.353 e. The van der Waals surface area contributed by atoms with E-state index in [1.807, 2.05) is 48.2 Å². The summed E-state index contributed by atoms with van der Waals surface area (Å²) in [5, 5.41) is 2.94. The average molecular weight is 409 g/mol. The first kappa shape index (κ1) is 21.8. The van der Waals surface area contributed by atoms with E-state index in [1.165, 1.54) is 5.56 Å². The molecule has 6 nitrogen and oxygen atoms in total. The Morgan fingerprint density at radius 1 is 1.00 bits per heavy atom. The van der Waals surface area contributed by atoms with Crippen LogP contribution in [0.3, 0.4) is 0 Å². The van der Waals surface area contributed by atoms with Gasteiger partial charge in [-0.15, -0.1) is 0 Å². The summed E-state index contributed by atoms with van der Waals surface area (Å²) in [5.74, 6) is 0.946. The molecule has 1 aromatic carbocycles. The number of carbonyl (C=O) groups is 2. The highest BCUT2D eigenvalue weighted by molar-refractivity contribution is 5.94. The molecule has 2 heterocycles. The van der Waals surface area contributed by atoms with Gasteiger partial charge in [-0.1, -0.05) is 49.6 Å². The summed E-state index contributed by atoms with van der Waals surface area (Å²) in [6.07, 6.45) is 5.34. The Balaban J connectivity index is 1.46. The van der Waals surface area contributed by atoms with Crippen LogP contribution in [0, 0.1) is 6.92 Å². The van der Waals surface area contributed by atoms with E-state index in [4.69, 9.17) is 0 Å². The van der Waals surface area contributed by atoms with Crippen LogP contribution in [-0.4, -0.2) is 54.4 Å². The van der Waals surface area contributed by atoms with Crippen LogP contribution >= 0.6 is 0 Å². The highest BCUT2D eigenvalue weighted by Gasteiger charge is 2.22. The lowest BCUT2D eigenvalue weighted by Crippen LogP contribution is -2.49. The lowest BCUT2D eigenvalue weighted by atomic mass is 10.1. The minimum absolute atomic E-state index is 0.0725. The molecule has 0 bridgehead atoms. The number of anilines is 1. The van der Waals surface area contributed by atoms with Gasteiger partial charge in [0.1, 0.15) is 5.82 Å². The van der Waals surface area contributed by atoms with Crippen molar-refractivity contribution in [2.45, 2.75) is 39.5 Å². The summed E-state index contributed by atoms with van der Waals surface area (Å²) in [5.41, 5.74) is 2.84. The smallest absolute Gasteiger partial charge is 0.252 e. The van der Waals surface area contributed by atoms with Gasteiger partial charge in [-0.25, -0.2) is 4.98 Å². The van der Waals surface area contributed by atoms with Crippen molar-refractivity contribution in [3.05, 3.63) is 59.3 Å². The van der Waals surface area contributed by atoms with Gasteiger partial charge in [0.15, 0.2) is 0 Å². The third kappa shape index (κ3) is 6.05. The van der Waals surface area contributed by atoms with E-state index in [1.54, 1.807) is 6.20 Å². The number of aryl methyl sites for hydroxylation is 1. The van der Waals surface area contributed by atoms with Gasteiger partial charge in [-0.3, -0.25) is 9.59 Å². The first-order valence-electron chi connectivity index (χ1n) is 10.9. The fourth-order valence-electron chi connectivity index (χ4n) is 3.56. The maximum Gasteiger partial charge on any atom is 0.252 e. The highest BCUT2D eigenvalue weighted by atomic mass is 16.2. The Labute approximate surface area is 179 Å².